The highest BCUT2D eigenvalue weighted by molar-refractivity contribution is 6.01. The van der Waals surface area contributed by atoms with Crippen molar-refractivity contribution in [1.29, 1.82) is 0 Å². The van der Waals surface area contributed by atoms with Crippen LogP contribution in [-0.2, 0) is 6.54 Å². The highest BCUT2D eigenvalue weighted by Crippen LogP contribution is 2.40. The number of benzene rings is 3. The van der Waals surface area contributed by atoms with Gasteiger partial charge < -0.3 is 10.0 Å². The van der Waals surface area contributed by atoms with Crippen molar-refractivity contribution in [1.82, 2.24) is 9.80 Å². The predicted molar refractivity (Wildman–Crippen MR) is 124 cm³/mol. The zero-order chi connectivity index (χ0) is 22.1. The largest absolute Gasteiger partial charge is 0.507 e. The number of aromatic hydroxyl groups is 1. The number of carbonyl (C=O) groups is 1. The number of nitrogens with zero attached hydrogens (tertiary/aromatic N) is 2. The van der Waals surface area contributed by atoms with Crippen molar-refractivity contribution in [3.05, 3.63) is 77.6 Å². The van der Waals surface area contributed by atoms with Gasteiger partial charge in [-0.3, -0.25) is 9.69 Å². The second-order valence-electron chi connectivity index (χ2n) is 9.24. The van der Waals surface area contributed by atoms with E-state index in [1.807, 2.05) is 35.2 Å². The molecule has 0 unspecified atom stereocenters. The molecule has 0 aliphatic carbocycles. The van der Waals surface area contributed by atoms with E-state index < -0.39 is 0 Å². The van der Waals surface area contributed by atoms with Gasteiger partial charge in [0.25, 0.3) is 5.91 Å². The van der Waals surface area contributed by atoms with Crippen molar-refractivity contribution in [2.24, 2.45) is 0 Å². The lowest BCUT2D eigenvalue weighted by Gasteiger charge is -2.38. The van der Waals surface area contributed by atoms with Crippen molar-refractivity contribution in [3.8, 4) is 5.75 Å². The molecule has 2 heterocycles. The first-order valence-electron chi connectivity index (χ1n) is 11.5. The van der Waals surface area contributed by atoms with E-state index in [1.54, 1.807) is 24.3 Å². The standard InChI is InChI=1S/C27H29FN2O2/c28-23-9-3-6-20(16-23)19-30-14-5-11-27(30)10-4-13-29(15-12-27)26(32)24-17-21-7-1-2-8-22(21)18-25(24)31/h1-3,6-9,16-18,31H,4-5,10-15,19H2/t27-/m0/s1. The van der Waals surface area contributed by atoms with E-state index in [0.29, 0.717) is 18.7 Å². The van der Waals surface area contributed by atoms with Crippen LogP contribution in [-0.4, -0.2) is 46.0 Å². The molecule has 5 rings (SSSR count). The molecule has 5 heteroatoms. The zero-order valence-electron chi connectivity index (χ0n) is 18.3. The number of rotatable bonds is 3. The Bertz CT molecular complexity index is 1150. The molecule has 1 atom stereocenters. The molecule has 1 amide bonds. The predicted octanol–water partition coefficient (Wildman–Crippen LogP) is 5.35. The number of phenols is 1. The average molecular weight is 433 g/mol. The van der Waals surface area contributed by atoms with Gasteiger partial charge in [-0.25, -0.2) is 4.39 Å². The number of fused-ring (bicyclic) bond motifs is 1. The van der Waals surface area contributed by atoms with Crippen molar-refractivity contribution in [3.63, 3.8) is 0 Å². The van der Waals surface area contributed by atoms with Gasteiger partial charge in [0, 0.05) is 25.2 Å². The van der Waals surface area contributed by atoms with Crippen LogP contribution in [0.1, 0.15) is 48.0 Å². The number of hydrogen-bond acceptors (Lipinski definition) is 3. The maximum Gasteiger partial charge on any atom is 0.257 e. The summed E-state index contributed by atoms with van der Waals surface area (Å²) in [5, 5.41) is 12.4. The van der Waals surface area contributed by atoms with Crippen LogP contribution in [0.25, 0.3) is 10.8 Å². The molecule has 2 saturated heterocycles. The molecular formula is C27H29FN2O2. The van der Waals surface area contributed by atoms with Crippen LogP contribution in [0.4, 0.5) is 4.39 Å². The number of likely N-dealkylation sites (tertiary alicyclic amines) is 2. The van der Waals surface area contributed by atoms with Gasteiger partial charge in [0.2, 0.25) is 0 Å². The van der Waals surface area contributed by atoms with Gasteiger partial charge in [0.1, 0.15) is 11.6 Å². The first kappa shape index (κ1) is 21.0. The van der Waals surface area contributed by atoms with Gasteiger partial charge in [-0.2, -0.15) is 0 Å². The molecule has 4 nitrogen and oxygen atoms in total. The first-order chi connectivity index (χ1) is 15.5. The third-order valence-electron chi connectivity index (χ3n) is 7.30. The lowest BCUT2D eigenvalue weighted by molar-refractivity contribution is 0.0735. The summed E-state index contributed by atoms with van der Waals surface area (Å²) in [4.78, 5) is 17.7. The first-order valence-corrected chi connectivity index (χ1v) is 11.5. The summed E-state index contributed by atoms with van der Waals surface area (Å²) in [5.74, 6) is -0.246. The van der Waals surface area contributed by atoms with E-state index in [0.717, 1.165) is 61.5 Å². The minimum absolute atomic E-state index is 0.0428. The summed E-state index contributed by atoms with van der Waals surface area (Å²) in [6.45, 7) is 3.12. The van der Waals surface area contributed by atoms with Crippen LogP contribution in [0, 0.1) is 5.82 Å². The average Bonchev–Trinajstić information content (AvgIpc) is 3.03. The molecule has 2 aliphatic heterocycles. The quantitative estimate of drug-likeness (QED) is 0.607. The second kappa shape index (κ2) is 8.55. The van der Waals surface area contributed by atoms with Crippen LogP contribution in [0.3, 0.4) is 0 Å². The lowest BCUT2D eigenvalue weighted by atomic mass is 9.87. The van der Waals surface area contributed by atoms with E-state index in [2.05, 4.69) is 4.90 Å². The molecule has 1 N–H and O–H groups in total. The van der Waals surface area contributed by atoms with E-state index in [1.165, 1.54) is 6.07 Å². The van der Waals surface area contributed by atoms with Crippen molar-refractivity contribution >= 4 is 16.7 Å². The maximum absolute atomic E-state index is 13.7. The van der Waals surface area contributed by atoms with Gasteiger partial charge in [-0.1, -0.05) is 36.4 Å². The molecule has 0 bridgehead atoms. The summed E-state index contributed by atoms with van der Waals surface area (Å²) in [6, 6.07) is 18.1. The van der Waals surface area contributed by atoms with E-state index in [4.69, 9.17) is 0 Å². The minimum atomic E-state index is -0.191. The van der Waals surface area contributed by atoms with Gasteiger partial charge >= 0.3 is 0 Å². The number of halogens is 1. The molecule has 0 saturated carbocycles. The Morgan fingerprint density at radius 3 is 2.44 bits per heavy atom. The molecule has 2 fully saturated rings. The van der Waals surface area contributed by atoms with E-state index in [-0.39, 0.29) is 23.0 Å². The van der Waals surface area contributed by atoms with Crippen molar-refractivity contribution in [2.45, 2.75) is 44.2 Å². The molecule has 3 aromatic rings. The number of amides is 1. The maximum atomic E-state index is 13.7. The monoisotopic (exact) mass is 432 g/mol. The second-order valence-corrected chi connectivity index (χ2v) is 9.24. The van der Waals surface area contributed by atoms with Crippen LogP contribution in [0.2, 0.25) is 0 Å². The Labute approximate surface area is 188 Å². The van der Waals surface area contributed by atoms with Crippen LogP contribution >= 0.6 is 0 Å². The molecule has 3 aromatic carbocycles. The minimum Gasteiger partial charge on any atom is -0.507 e. The van der Waals surface area contributed by atoms with Crippen molar-refractivity contribution in [2.75, 3.05) is 19.6 Å². The number of phenolic OH excluding ortho intramolecular Hbond substituents is 1. The Morgan fingerprint density at radius 1 is 0.906 bits per heavy atom. The fourth-order valence-corrected chi connectivity index (χ4v) is 5.61. The van der Waals surface area contributed by atoms with Crippen molar-refractivity contribution < 1.29 is 14.3 Å². The number of hydrogen-bond donors (Lipinski definition) is 1. The Kier molecular flexibility index (Phi) is 5.60. The van der Waals surface area contributed by atoms with Gasteiger partial charge in [0.05, 0.1) is 5.56 Å². The van der Waals surface area contributed by atoms with E-state index >= 15 is 0 Å². The van der Waals surface area contributed by atoms with Gasteiger partial charge in [0.15, 0.2) is 0 Å². The molecule has 32 heavy (non-hydrogen) atoms. The van der Waals surface area contributed by atoms with Crippen LogP contribution < -0.4 is 0 Å². The smallest absolute Gasteiger partial charge is 0.257 e. The SMILES string of the molecule is O=C(c1cc2ccccc2cc1O)N1CCC[C@]2(CCCN2Cc2cccc(F)c2)CC1. The fraction of sp³-hybridized carbons (Fsp3) is 0.370. The topological polar surface area (TPSA) is 43.8 Å². The Balaban J connectivity index is 1.33. The molecule has 2 aliphatic rings. The highest BCUT2D eigenvalue weighted by Gasteiger charge is 2.42. The summed E-state index contributed by atoms with van der Waals surface area (Å²) < 4.78 is 13.7. The molecule has 166 valence electrons. The number of carbonyl (C=O) groups excluding carboxylic acids is 1. The zero-order valence-corrected chi connectivity index (χ0v) is 18.3. The molecule has 1 spiro atoms. The van der Waals surface area contributed by atoms with Gasteiger partial charge in [-0.05, 0) is 79.3 Å². The normalized spacial score (nSPS) is 21.8. The van der Waals surface area contributed by atoms with E-state index in [9.17, 15) is 14.3 Å². The summed E-state index contributed by atoms with van der Waals surface area (Å²) in [7, 11) is 0. The van der Waals surface area contributed by atoms with Crippen LogP contribution in [0.15, 0.2) is 60.7 Å². The molecular weight excluding hydrogens is 403 g/mol. The van der Waals surface area contributed by atoms with Crippen LogP contribution in [0.5, 0.6) is 5.75 Å². The summed E-state index contributed by atoms with van der Waals surface area (Å²) in [5.41, 5.74) is 1.44. The third-order valence-corrected chi connectivity index (χ3v) is 7.30. The molecule has 0 radical (unpaired) electrons. The summed E-state index contributed by atoms with van der Waals surface area (Å²) in [6.07, 6.45) is 5.12. The lowest BCUT2D eigenvalue weighted by Crippen LogP contribution is -2.44. The van der Waals surface area contributed by atoms with Gasteiger partial charge in [-0.15, -0.1) is 0 Å². The summed E-state index contributed by atoms with van der Waals surface area (Å²) >= 11 is 0. The fourth-order valence-electron chi connectivity index (χ4n) is 5.61. The Hall–Kier alpha value is -2.92. The molecule has 0 aromatic heterocycles. The highest BCUT2D eigenvalue weighted by atomic mass is 19.1. The Morgan fingerprint density at radius 2 is 1.66 bits per heavy atom. The third kappa shape index (κ3) is 3.97.